The lowest BCUT2D eigenvalue weighted by Gasteiger charge is -2.32. The van der Waals surface area contributed by atoms with Crippen LogP contribution < -0.4 is 10.2 Å². The van der Waals surface area contributed by atoms with Crippen molar-refractivity contribution in [3.63, 3.8) is 0 Å². The van der Waals surface area contributed by atoms with Crippen molar-refractivity contribution in [1.29, 1.82) is 0 Å². The molecule has 3 rings (SSSR count). The van der Waals surface area contributed by atoms with Crippen molar-refractivity contribution in [1.82, 2.24) is 0 Å². The van der Waals surface area contributed by atoms with E-state index in [0.717, 1.165) is 24.3 Å². The van der Waals surface area contributed by atoms with E-state index in [1.165, 1.54) is 6.07 Å². The third kappa shape index (κ3) is 4.81. The summed E-state index contributed by atoms with van der Waals surface area (Å²) in [5.41, 5.74) is -1.38. The van der Waals surface area contributed by atoms with Gasteiger partial charge in [-0.05, 0) is 43.2 Å². The topological polar surface area (TPSA) is 75.5 Å². The number of nitrogens with one attached hydrogen (secondary N) is 1. The van der Waals surface area contributed by atoms with Crippen molar-refractivity contribution in [3.05, 3.63) is 62.9 Å². The number of amides is 1. The zero-order valence-electron chi connectivity index (χ0n) is 15.4. The molecule has 2 aromatic carbocycles. The smallest absolute Gasteiger partial charge is 0.366 e. The monoisotopic (exact) mass is 445 g/mol. The highest BCUT2D eigenvalue weighted by Gasteiger charge is 2.35. The first-order valence-electron chi connectivity index (χ1n) is 8.93. The van der Waals surface area contributed by atoms with Crippen LogP contribution >= 0.6 is 11.6 Å². The molecule has 11 heteroatoms. The number of hydrogen-bond acceptors (Lipinski definition) is 4. The first kappa shape index (κ1) is 21.8. The summed E-state index contributed by atoms with van der Waals surface area (Å²) < 4.78 is 51.7. The van der Waals surface area contributed by atoms with E-state index in [1.54, 1.807) is 4.90 Å². The molecular formula is C19H16ClF4N3O3. The molecule has 30 heavy (non-hydrogen) atoms. The Bertz CT molecular complexity index is 976. The highest BCUT2D eigenvalue weighted by Crippen LogP contribution is 2.38. The molecule has 0 unspecified atom stereocenters. The second kappa shape index (κ2) is 8.47. The number of carbonyl (C=O) groups is 1. The van der Waals surface area contributed by atoms with Crippen LogP contribution in [0.25, 0.3) is 0 Å². The molecule has 1 amide bonds. The van der Waals surface area contributed by atoms with Gasteiger partial charge >= 0.3 is 6.18 Å². The van der Waals surface area contributed by atoms with E-state index in [9.17, 15) is 32.5 Å². The molecule has 1 fully saturated rings. The summed E-state index contributed by atoms with van der Waals surface area (Å²) in [7, 11) is 0. The number of benzene rings is 2. The summed E-state index contributed by atoms with van der Waals surface area (Å²) >= 11 is 5.90. The maximum Gasteiger partial charge on any atom is 0.416 e. The molecule has 1 aliphatic heterocycles. The SMILES string of the molecule is O=C(Nc1ccc(F)cc1Cl)C1CCN(c2ccc(C(F)(F)F)cc2[N+](=O)[O-])CC1. The molecule has 0 aromatic heterocycles. The summed E-state index contributed by atoms with van der Waals surface area (Å²) in [5, 5.41) is 14.0. The Morgan fingerprint density at radius 1 is 1.17 bits per heavy atom. The number of nitrogens with zero attached hydrogens (tertiary/aromatic N) is 2. The summed E-state index contributed by atoms with van der Waals surface area (Å²) in [5.74, 6) is -1.29. The number of halogens is 5. The third-order valence-electron chi connectivity index (χ3n) is 4.89. The molecule has 1 N–H and O–H groups in total. The first-order chi connectivity index (χ1) is 14.1. The number of anilines is 2. The Morgan fingerprint density at radius 2 is 1.83 bits per heavy atom. The van der Waals surface area contributed by atoms with Gasteiger partial charge in [0.15, 0.2) is 0 Å². The number of nitro groups is 1. The van der Waals surface area contributed by atoms with Gasteiger partial charge in [-0.2, -0.15) is 13.2 Å². The average molecular weight is 446 g/mol. The second-order valence-corrected chi connectivity index (χ2v) is 7.24. The van der Waals surface area contributed by atoms with Crippen LogP contribution in [0, 0.1) is 21.8 Å². The van der Waals surface area contributed by atoms with Gasteiger partial charge in [-0.25, -0.2) is 4.39 Å². The third-order valence-corrected chi connectivity index (χ3v) is 5.21. The maximum atomic E-state index is 13.1. The van der Waals surface area contributed by atoms with Crippen molar-refractivity contribution < 1.29 is 27.3 Å². The zero-order valence-corrected chi connectivity index (χ0v) is 16.1. The van der Waals surface area contributed by atoms with Crippen LogP contribution in [0.1, 0.15) is 18.4 Å². The molecule has 1 aliphatic rings. The predicted octanol–water partition coefficient (Wildman–Crippen LogP) is 5.26. The molecule has 1 heterocycles. The second-order valence-electron chi connectivity index (χ2n) is 6.83. The zero-order chi connectivity index (χ0) is 22.1. The molecule has 0 aliphatic carbocycles. The van der Waals surface area contributed by atoms with E-state index in [0.29, 0.717) is 18.9 Å². The maximum absolute atomic E-state index is 13.1. The molecule has 160 valence electrons. The van der Waals surface area contributed by atoms with Crippen LogP contribution in [-0.4, -0.2) is 23.9 Å². The predicted molar refractivity (Wildman–Crippen MR) is 103 cm³/mol. The Balaban J connectivity index is 1.69. The minimum absolute atomic E-state index is 0.0566. The van der Waals surface area contributed by atoms with Gasteiger partial charge in [-0.1, -0.05) is 11.6 Å². The van der Waals surface area contributed by atoms with Crippen molar-refractivity contribution in [2.24, 2.45) is 5.92 Å². The van der Waals surface area contributed by atoms with Gasteiger partial charge in [-0.3, -0.25) is 14.9 Å². The number of alkyl halides is 3. The van der Waals surface area contributed by atoms with E-state index in [2.05, 4.69) is 5.32 Å². The Labute approximate surface area is 173 Å². The van der Waals surface area contributed by atoms with E-state index < -0.39 is 34.1 Å². The lowest BCUT2D eigenvalue weighted by atomic mass is 9.95. The van der Waals surface area contributed by atoms with Crippen LogP contribution in [-0.2, 0) is 11.0 Å². The molecule has 0 bridgehead atoms. The Hall–Kier alpha value is -2.88. The molecule has 0 saturated carbocycles. The van der Waals surface area contributed by atoms with E-state index in [4.69, 9.17) is 11.6 Å². The van der Waals surface area contributed by atoms with Gasteiger partial charge < -0.3 is 10.2 Å². The molecular weight excluding hydrogens is 430 g/mol. The first-order valence-corrected chi connectivity index (χ1v) is 9.30. The standard InChI is InChI=1S/C19H16ClF4N3O3/c20-14-10-13(21)2-3-15(14)25-18(28)11-5-7-26(8-6-11)16-4-1-12(19(22,23)24)9-17(16)27(29)30/h1-4,9-11H,5-8H2,(H,25,28). The summed E-state index contributed by atoms with van der Waals surface area (Å²) in [4.78, 5) is 24.5. The molecule has 0 radical (unpaired) electrons. The van der Waals surface area contributed by atoms with Crippen molar-refractivity contribution in [3.8, 4) is 0 Å². The number of hydrogen-bond donors (Lipinski definition) is 1. The lowest BCUT2D eigenvalue weighted by molar-refractivity contribution is -0.384. The molecule has 0 spiro atoms. The highest BCUT2D eigenvalue weighted by atomic mass is 35.5. The minimum Gasteiger partial charge on any atom is -0.366 e. The fourth-order valence-corrected chi connectivity index (χ4v) is 3.54. The lowest BCUT2D eigenvalue weighted by Crippen LogP contribution is -2.38. The Kier molecular flexibility index (Phi) is 6.16. The van der Waals surface area contributed by atoms with E-state index >= 15 is 0 Å². The number of carbonyl (C=O) groups excluding carboxylic acids is 1. The van der Waals surface area contributed by atoms with E-state index in [1.807, 2.05) is 0 Å². The fraction of sp³-hybridized carbons (Fsp3) is 0.316. The van der Waals surface area contributed by atoms with Crippen LogP contribution in [0.3, 0.4) is 0 Å². The van der Waals surface area contributed by atoms with Crippen molar-refractivity contribution in [2.45, 2.75) is 19.0 Å². The molecule has 6 nitrogen and oxygen atoms in total. The minimum atomic E-state index is -4.68. The van der Waals surface area contributed by atoms with Crippen molar-refractivity contribution in [2.75, 3.05) is 23.3 Å². The fourth-order valence-electron chi connectivity index (χ4n) is 3.32. The van der Waals surface area contributed by atoms with Crippen molar-refractivity contribution >= 4 is 34.6 Å². The van der Waals surface area contributed by atoms with Gasteiger partial charge in [-0.15, -0.1) is 0 Å². The van der Waals surface area contributed by atoms with E-state index in [-0.39, 0.29) is 35.4 Å². The number of nitro benzene ring substituents is 1. The van der Waals surface area contributed by atoms with Crippen LogP contribution in [0.2, 0.25) is 5.02 Å². The number of piperidine rings is 1. The molecule has 2 aromatic rings. The average Bonchev–Trinajstić information content (AvgIpc) is 2.69. The van der Waals surface area contributed by atoms with Gasteiger partial charge in [0.1, 0.15) is 11.5 Å². The van der Waals surface area contributed by atoms with Gasteiger partial charge in [0.2, 0.25) is 5.91 Å². The van der Waals surface area contributed by atoms with Gasteiger partial charge in [0.05, 0.1) is 21.2 Å². The summed E-state index contributed by atoms with van der Waals surface area (Å²) in [6.45, 7) is 0.503. The summed E-state index contributed by atoms with van der Waals surface area (Å²) in [6, 6.07) is 5.98. The van der Waals surface area contributed by atoms with Crippen LogP contribution in [0.5, 0.6) is 0 Å². The Morgan fingerprint density at radius 3 is 2.40 bits per heavy atom. The van der Waals surface area contributed by atoms with Gasteiger partial charge in [0, 0.05) is 25.1 Å². The quantitative estimate of drug-likeness (QED) is 0.395. The normalized spacial score (nSPS) is 15.2. The van der Waals surface area contributed by atoms with Crippen LogP contribution in [0.4, 0.5) is 34.6 Å². The van der Waals surface area contributed by atoms with Gasteiger partial charge in [0.25, 0.3) is 5.69 Å². The molecule has 0 atom stereocenters. The van der Waals surface area contributed by atoms with Crippen LogP contribution in [0.15, 0.2) is 36.4 Å². The largest absolute Gasteiger partial charge is 0.416 e. The number of rotatable bonds is 4. The molecule has 1 saturated heterocycles. The summed E-state index contributed by atoms with van der Waals surface area (Å²) in [6.07, 6.45) is -4.01. The highest BCUT2D eigenvalue weighted by molar-refractivity contribution is 6.33.